The van der Waals surface area contributed by atoms with E-state index in [9.17, 15) is 9.36 Å². The average molecular weight is 324 g/mol. The number of aliphatic carboxylic acids is 1. The minimum absolute atomic E-state index is 0.160. The molecule has 0 saturated carbocycles. The summed E-state index contributed by atoms with van der Waals surface area (Å²) in [7, 11) is -4.92. The van der Waals surface area contributed by atoms with Gasteiger partial charge in [-0.2, -0.15) is 4.62 Å². The lowest BCUT2D eigenvalue weighted by Crippen LogP contribution is -2.32. The summed E-state index contributed by atoms with van der Waals surface area (Å²) in [6, 6.07) is 5.42. The van der Waals surface area contributed by atoms with Gasteiger partial charge in [0.25, 0.3) is 0 Å². The molecule has 0 spiro atoms. The molecular formula is C9H13N2O9P. The first kappa shape index (κ1) is 18.8. The summed E-state index contributed by atoms with van der Waals surface area (Å²) in [4.78, 5) is 34.8. The van der Waals surface area contributed by atoms with Crippen molar-refractivity contribution in [2.45, 2.75) is 12.5 Å². The fraction of sp³-hybridized carbons (Fsp3) is 0.222. The van der Waals surface area contributed by atoms with E-state index in [0.717, 1.165) is 5.56 Å². The lowest BCUT2D eigenvalue weighted by atomic mass is 10.1. The van der Waals surface area contributed by atoms with Crippen LogP contribution in [0.5, 0.6) is 5.75 Å². The van der Waals surface area contributed by atoms with Crippen LogP contribution in [0.2, 0.25) is 0 Å². The standard InChI is InChI=1S/C9H11NO3.H2NO6P/c10-8(9(12)13)5-6-1-3-7(11)4-2-6;2-1(3)7-8(4,5)6/h1-4,8,11H,5,10H2,(H,12,13);(H2,4,5,6)/t8-;/m0./s1. The number of rotatable bonds is 5. The molecule has 1 rings (SSSR count). The van der Waals surface area contributed by atoms with Gasteiger partial charge in [-0.3, -0.25) is 4.79 Å². The summed E-state index contributed by atoms with van der Waals surface area (Å²) < 4.78 is 12.3. The van der Waals surface area contributed by atoms with Gasteiger partial charge in [-0.25, -0.2) is 4.57 Å². The third-order valence-corrected chi connectivity index (χ3v) is 2.23. The van der Waals surface area contributed by atoms with Gasteiger partial charge < -0.3 is 25.7 Å². The van der Waals surface area contributed by atoms with Crippen molar-refractivity contribution in [3.05, 3.63) is 39.9 Å². The molecule has 6 N–H and O–H groups in total. The lowest BCUT2D eigenvalue weighted by molar-refractivity contribution is -0.718. The van der Waals surface area contributed by atoms with E-state index in [0.29, 0.717) is 0 Å². The predicted molar refractivity (Wildman–Crippen MR) is 67.5 cm³/mol. The van der Waals surface area contributed by atoms with E-state index in [1.54, 1.807) is 12.1 Å². The normalized spacial score (nSPS) is 11.8. The van der Waals surface area contributed by atoms with Crippen molar-refractivity contribution in [3.63, 3.8) is 0 Å². The van der Waals surface area contributed by atoms with Crippen LogP contribution in [-0.4, -0.2) is 37.1 Å². The second kappa shape index (κ2) is 8.17. The first-order chi connectivity index (χ1) is 9.51. The van der Waals surface area contributed by atoms with Crippen molar-refractivity contribution in [1.29, 1.82) is 0 Å². The summed E-state index contributed by atoms with van der Waals surface area (Å²) in [6.07, 6.45) is 0.273. The van der Waals surface area contributed by atoms with Crippen molar-refractivity contribution in [2.24, 2.45) is 5.73 Å². The molecule has 0 amide bonds. The van der Waals surface area contributed by atoms with Crippen LogP contribution in [0.15, 0.2) is 24.3 Å². The van der Waals surface area contributed by atoms with Crippen LogP contribution in [0.4, 0.5) is 0 Å². The number of nitrogens with zero attached hydrogens (tertiary/aromatic N) is 1. The van der Waals surface area contributed by atoms with Crippen LogP contribution in [0.3, 0.4) is 0 Å². The number of phenols is 1. The SMILES string of the molecule is N[C@@H](Cc1ccc(O)cc1)C(=O)O.O=[N+]([O-])OP(=O)(O)O. The van der Waals surface area contributed by atoms with Gasteiger partial charge in [0.05, 0.1) is 0 Å². The first-order valence-corrected chi connectivity index (χ1v) is 6.70. The molecule has 118 valence electrons. The topological polar surface area (TPSA) is 193 Å². The fourth-order valence-electron chi connectivity index (χ4n) is 1.06. The van der Waals surface area contributed by atoms with Crippen LogP contribution < -0.4 is 5.73 Å². The van der Waals surface area contributed by atoms with Gasteiger partial charge in [0.2, 0.25) is 0 Å². The van der Waals surface area contributed by atoms with Crippen LogP contribution in [0.1, 0.15) is 5.56 Å². The van der Waals surface area contributed by atoms with Crippen molar-refractivity contribution in [1.82, 2.24) is 0 Å². The van der Waals surface area contributed by atoms with Gasteiger partial charge in [-0.05, 0) is 24.1 Å². The summed E-state index contributed by atoms with van der Waals surface area (Å²) in [5, 5.41) is 25.0. The Morgan fingerprint density at radius 2 is 1.86 bits per heavy atom. The molecule has 0 aliphatic carbocycles. The van der Waals surface area contributed by atoms with Crippen LogP contribution >= 0.6 is 7.82 Å². The number of benzene rings is 1. The number of carbonyl (C=O) groups is 1. The highest BCUT2D eigenvalue weighted by Gasteiger charge is 2.17. The zero-order chi connectivity index (χ0) is 16.6. The van der Waals surface area contributed by atoms with Gasteiger partial charge in [0.1, 0.15) is 11.8 Å². The van der Waals surface area contributed by atoms with Crippen molar-refractivity contribution in [3.8, 4) is 5.75 Å². The summed E-state index contributed by atoms with van der Waals surface area (Å²) in [5.41, 5.74) is 6.12. The molecule has 1 aromatic carbocycles. The number of hydrogen-bond acceptors (Lipinski definition) is 7. The lowest BCUT2D eigenvalue weighted by Gasteiger charge is -2.05. The maximum absolute atomic E-state index is 10.4. The molecular weight excluding hydrogens is 311 g/mol. The summed E-state index contributed by atoms with van der Waals surface area (Å²) >= 11 is 0. The van der Waals surface area contributed by atoms with Crippen LogP contribution in [0.25, 0.3) is 0 Å². The maximum Gasteiger partial charge on any atom is 0.501 e. The van der Waals surface area contributed by atoms with Crippen LogP contribution in [-0.2, 0) is 20.4 Å². The van der Waals surface area contributed by atoms with E-state index in [1.165, 1.54) is 12.1 Å². The molecule has 0 aromatic heterocycles. The van der Waals surface area contributed by atoms with Gasteiger partial charge in [0.15, 0.2) is 0 Å². The Morgan fingerprint density at radius 3 is 2.14 bits per heavy atom. The molecule has 0 radical (unpaired) electrons. The molecule has 0 unspecified atom stereocenters. The molecule has 21 heavy (non-hydrogen) atoms. The van der Waals surface area contributed by atoms with E-state index in [4.69, 9.17) is 35.8 Å². The molecule has 1 aromatic rings. The fourth-order valence-corrected chi connectivity index (χ4v) is 1.23. The van der Waals surface area contributed by atoms with Crippen molar-refractivity contribution in [2.75, 3.05) is 0 Å². The predicted octanol–water partition coefficient (Wildman–Crippen LogP) is -0.366. The van der Waals surface area contributed by atoms with E-state index in [-0.39, 0.29) is 12.2 Å². The molecule has 0 aliphatic heterocycles. The Labute approximate surface area is 117 Å². The first-order valence-electron chi connectivity index (χ1n) is 5.17. The third kappa shape index (κ3) is 10.3. The van der Waals surface area contributed by atoms with Crippen LogP contribution in [0, 0.1) is 10.1 Å². The third-order valence-electron chi connectivity index (χ3n) is 1.88. The van der Waals surface area contributed by atoms with Gasteiger partial charge >= 0.3 is 18.9 Å². The Hall–Kier alpha value is -2.20. The molecule has 0 saturated heterocycles. The number of aromatic hydroxyl groups is 1. The molecule has 0 heterocycles. The smallest absolute Gasteiger partial charge is 0.501 e. The number of phenolic OH excluding ortho intramolecular Hbond substituents is 1. The van der Waals surface area contributed by atoms with Gasteiger partial charge in [0, 0.05) is 0 Å². The number of nitrogens with two attached hydrogens (primary N) is 1. The number of carboxylic acid groups (broad SMARTS) is 1. The number of hydrogen-bond donors (Lipinski definition) is 5. The zero-order valence-corrected chi connectivity index (χ0v) is 11.3. The Bertz CT molecular complexity index is 527. The number of phosphoric acid groups is 1. The van der Waals surface area contributed by atoms with E-state index < -0.39 is 24.9 Å². The second-order valence-electron chi connectivity index (χ2n) is 3.61. The highest BCUT2D eigenvalue weighted by molar-refractivity contribution is 7.46. The van der Waals surface area contributed by atoms with E-state index in [1.807, 2.05) is 0 Å². The largest absolute Gasteiger partial charge is 0.508 e. The van der Waals surface area contributed by atoms with E-state index in [2.05, 4.69) is 4.62 Å². The minimum Gasteiger partial charge on any atom is -0.508 e. The Kier molecular flexibility index (Phi) is 7.31. The molecule has 0 aliphatic rings. The maximum atomic E-state index is 10.4. The van der Waals surface area contributed by atoms with E-state index >= 15 is 0 Å². The van der Waals surface area contributed by atoms with Crippen molar-refractivity contribution < 1.29 is 39.1 Å². The zero-order valence-electron chi connectivity index (χ0n) is 10.4. The number of carboxylic acids is 1. The molecule has 0 bridgehead atoms. The second-order valence-corrected chi connectivity index (χ2v) is 4.76. The highest BCUT2D eigenvalue weighted by Crippen LogP contribution is 2.35. The van der Waals surface area contributed by atoms with Gasteiger partial charge in [-0.15, -0.1) is 10.1 Å². The molecule has 11 nitrogen and oxygen atoms in total. The Balaban J connectivity index is 0.000000433. The minimum atomic E-state index is -4.92. The molecule has 12 heteroatoms. The summed E-state index contributed by atoms with van der Waals surface area (Å²) in [5.74, 6) is -0.860. The Morgan fingerprint density at radius 1 is 1.38 bits per heavy atom. The highest BCUT2D eigenvalue weighted by atomic mass is 31.2. The monoisotopic (exact) mass is 324 g/mol. The molecule has 1 atom stereocenters. The quantitative estimate of drug-likeness (QED) is 0.271. The average Bonchev–Trinajstić information content (AvgIpc) is 2.29. The molecule has 0 fully saturated rings. The summed E-state index contributed by atoms with van der Waals surface area (Å²) in [6.45, 7) is 0. The van der Waals surface area contributed by atoms with Crippen molar-refractivity contribution >= 4 is 13.8 Å². The van der Waals surface area contributed by atoms with Gasteiger partial charge in [-0.1, -0.05) is 12.1 Å².